The molecule has 2 rings (SSSR count). The Morgan fingerprint density at radius 2 is 2.29 bits per heavy atom. The molecular weight excluding hydrogens is 275 g/mol. The van der Waals surface area contributed by atoms with Gasteiger partial charge in [0.2, 0.25) is 5.91 Å². The highest BCUT2D eigenvalue weighted by molar-refractivity contribution is 5.87. The fourth-order valence-electron chi connectivity index (χ4n) is 2.46. The zero-order chi connectivity index (χ0) is 15.4. The normalized spacial score (nSPS) is 18.9. The van der Waals surface area contributed by atoms with Crippen LogP contribution in [-0.2, 0) is 9.59 Å². The van der Waals surface area contributed by atoms with Crippen molar-refractivity contribution in [1.29, 1.82) is 0 Å². The SMILES string of the molecule is CCC1C(=O)NCCN1c1cc(F)cc(/C=C/C(=O)O)c1. The maximum absolute atomic E-state index is 13.7. The highest BCUT2D eigenvalue weighted by atomic mass is 19.1. The van der Waals surface area contributed by atoms with Gasteiger partial charge in [-0.2, -0.15) is 0 Å². The van der Waals surface area contributed by atoms with E-state index in [1.54, 1.807) is 6.07 Å². The number of piperazine rings is 1. The van der Waals surface area contributed by atoms with E-state index in [2.05, 4.69) is 5.32 Å². The maximum Gasteiger partial charge on any atom is 0.328 e. The van der Waals surface area contributed by atoms with Crippen LogP contribution < -0.4 is 10.2 Å². The molecule has 6 heteroatoms. The molecule has 1 aromatic rings. The van der Waals surface area contributed by atoms with Gasteiger partial charge < -0.3 is 15.3 Å². The van der Waals surface area contributed by atoms with Crippen LogP contribution in [0.15, 0.2) is 24.3 Å². The summed E-state index contributed by atoms with van der Waals surface area (Å²) in [6.07, 6.45) is 2.90. The summed E-state index contributed by atoms with van der Waals surface area (Å²) in [6.45, 7) is 3.00. The van der Waals surface area contributed by atoms with Crippen molar-refractivity contribution in [3.05, 3.63) is 35.7 Å². The molecule has 1 atom stereocenters. The number of benzene rings is 1. The number of carbonyl (C=O) groups is 2. The molecule has 0 aromatic heterocycles. The number of aliphatic carboxylic acids is 1. The van der Waals surface area contributed by atoms with Crippen LogP contribution in [-0.4, -0.2) is 36.1 Å². The summed E-state index contributed by atoms with van der Waals surface area (Å²) in [6, 6.07) is 3.97. The van der Waals surface area contributed by atoms with Gasteiger partial charge in [-0.3, -0.25) is 4.79 Å². The van der Waals surface area contributed by atoms with Gasteiger partial charge in [-0.15, -0.1) is 0 Å². The van der Waals surface area contributed by atoms with E-state index in [0.29, 0.717) is 30.8 Å². The van der Waals surface area contributed by atoms with Crippen LogP contribution >= 0.6 is 0 Å². The van der Waals surface area contributed by atoms with E-state index in [-0.39, 0.29) is 11.9 Å². The average Bonchev–Trinajstić information content (AvgIpc) is 2.44. The fraction of sp³-hybridized carbons (Fsp3) is 0.333. The number of carbonyl (C=O) groups excluding carboxylic acids is 1. The van der Waals surface area contributed by atoms with Crippen molar-refractivity contribution in [3.63, 3.8) is 0 Å². The molecule has 0 bridgehead atoms. The number of rotatable bonds is 4. The molecule has 0 aliphatic carbocycles. The molecule has 0 saturated carbocycles. The van der Waals surface area contributed by atoms with E-state index in [4.69, 9.17) is 5.11 Å². The summed E-state index contributed by atoms with van der Waals surface area (Å²) in [5.41, 5.74) is 1.04. The molecule has 1 heterocycles. The minimum absolute atomic E-state index is 0.0735. The van der Waals surface area contributed by atoms with Crippen molar-refractivity contribution in [1.82, 2.24) is 5.32 Å². The molecule has 1 fully saturated rings. The molecule has 5 nitrogen and oxygen atoms in total. The lowest BCUT2D eigenvalue weighted by molar-refractivity contribution is -0.131. The third kappa shape index (κ3) is 3.59. The van der Waals surface area contributed by atoms with Crippen LogP contribution in [0, 0.1) is 5.82 Å². The number of nitrogens with one attached hydrogen (secondary N) is 1. The van der Waals surface area contributed by atoms with Crippen molar-refractivity contribution in [3.8, 4) is 0 Å². The number of halogens is 1. The quantitative estimate of drug-likeness (QED) is 0.828. The lowest BCUT2D eigenvalue weighted by Gasteiger charge is -2.36. The molecule has 1 unspecified atom stereocenters. The second-order valence-corrected chi connectivity index (χ2v) is 4.82. The molecule has 112 valence electrons. The molecular formula is C15H17FN2O3. The van der Waals surface area contributed by atoms with Gasteiger partial charge in [-0.05, 0) is 36.3 Å². The van der Waals surface area contributed by atoms with Crippen molar-refractivity contribution < 1.29 is 19.1 Å². The minimum atomic E-state index is -1.09. The van der Waals surface area contributed by atoms with E-state index in [1.807, 2.05) is 11.8 Å². The third-order valence-electron chi connectivity index (χ3n) is 3.37. The van der Waals surface area contributed by atoms with Crippen LogP contribution in [0.3, 0.4) is 0 Å². The highest BCUT2D eigenvalue weighted by Crippen LogP contribution is 2.24. The monoisotopic (exact) mass is 292 g/mol. The first-order chi connectivity index (χ1) is 10.0. The molecule has 0 radical (unpaired) electrons. The molecule has 1 aromatic carbocycles. The maximum atomic E-state index is 13.7. The molecule has 1 amide bonds. The van der Waals surface area contributed by atoms with Gasteiger partial charge in [0.25, 0.3) is 0 Å². The number of hydrogen-bond acceptors (Lipinski definition) is 3. The van der Waals surface area contributed by atoms with Crippen LogP contribution in [0.5, 0.6) is 0 Å². The predicted molar refractivity (Wildman–Crippen MR) is 77.5 cm³/mol. The van der Waals surface area contributed by atoms with Gasteiger partial charge >= 0.3 is 5.97 Å². The Labute approximate surface area is 122 Å². The van der Waals surface area contributed by atoms with Gasteiger partial charge in [0, 0.05) is 24.9 Å². The summed E-state index contributed by atoms with van der Waals surface area (Å²) >= 11 is 0. The Balaban J connectivity index is 2.34. The third-order valence-corrected chi connectivity index (χ3v) is 3.37. The Morgan fingerprint density at radius 1 is 1.52 bits per heavy atom. The summed E-state index contributed by atoms with van der Waals surface area (Å²) in [4.78, 5) is 24.2. The molecule has 1 aliphatic rings. The largest absolute Gasteiger partial charge is 0.478 e. The number of carboxylic acids is 1. The summed E-state index contributed by atoms with van der Waals surface area (Å²) in [7, 11) is 0. The molecule has 21 heavy (non-hydrogen) atoms. The van der Waals surface area contributed by atoms with Crippen molar-refractivity contribution in [2.45, 2.75) is 19.4 Å². The highest BCUT2D eigenvalue weighted by Gasteiger charge is 2.28. The standard InChI is InChI=1S/C15H17FN2O3/c1-2-13-15(21)17-5-6-18(13)12-8-10(3-4-14(19)20)7-11(16)9-12/h3-4,7-9,13H,2,5-6H2,1H3,(H,17,21)(H,19,20)/b4-3+. The van der Waals surface area contributed by atoms with Gasteiger partial charge in [0.1, 0.15) is 11.9 Å². The van der Waals surface area contributed by atoms with E-state index >= 15 is 0 Å². The first kappa shape index (κ1) is 15.0. The zero-order valence-corrected chi connectivity index (χ0v) is 11.7. The number of nitrogens with zero attached hydrogens (tertiary/aromatic N) is 1. The predicted octanol–water partition coefficient (Wildman–Crippen LogP) is 1.64. The van der Waals surface area contributed by atoms with Gasteiger partial charge in [0.15, 0.2) is 0 Å². The number of amides is 1. The summed E-state index contributed by atoms with van der Waals surface area (Å²) < 4.78 is 13.7. The number of anilines is 1. The van der Waals surface area contributed by atoms with E-state index in [1.165, 1.54) is 18.2 Å². The minimum Gasteiger partial charge on any atom is -0.478 e. The Hall–Kier alpha value is -2.37. The van der Waals surface area contributed by atoms with Crippen LogP contribution in [0.25, 0.3) is 6.08 Å². The lowest BCUT2D eigenvalue weighted by atomic mass is 10.1. The van der Waals surface area contributed by atoms with Crippen LogP contribution in [0.1, 0.15) is 18.9 Å². The van der Waals surface area contributed by atoms with Crippen molar-refractivity contribution >= 4 is 23.6 Å². The summed E-state index contributed by atoms with van der Waals surface area (Å²) in [5, 5.41) is 11.4. The first-order valence-electron chi connectivity index (χ1n) is 6.77. The molecule has 0 spiro atoms. The van der Waals surface area contributed by atoms with Crippen molar-refractivity contribution in [2.24, 2.45) is 0 Å². The Kier molecular flexibility index (Phi) is 4.57. The lowest BCUT2D eigenvalue weighted by Crippen LogP contribution is -2.55. The van der Waals surface area contributed by atoms with Crippen LogP contribution in [0.2, 0.25) is 0 Å². The Bertz CT molecular complexity index is 586. The summed E-state index contributed by atoms with van der Waals surface area (Å²) in [5.74, 6) is -1.63. The van der Waals surface area contributed by atoms with E-state index < -0.39 is 11.8 Å². The molecule has 1 saturated heterocycles. The van der Waals surface area contributed by atoms with E-state index in [9.17, 15) is 14.0 Å². The topological polar surface area (TPSA) is 69.6 Å². The zero-order valence-electron chi connectivity index (χ0n) is 11.7. The number of hydrogen-bond donors (Lipinski definition) is 2. The van der Waals surface area contributed by atoms with Gasteiger partial charge in [-0.25, -0.2) is 9.18 Å². The van der Waals surface area contributed by atoms with E-state index in [0.717, 1.165) is 6.08 Å². The second kappa shape index (κ2) is 6.39. The van der Waals surface area contributed by atoms with Crippen LogP contribution in [0.4, 0.5) is 10.1 Å². The molecule has 1 aliphatic heterocycles. The van der Waals surface area contributed by atoms with Crippen molar-refractivity contribution in [2.75, 3.05) is 18.0 Å². The first-order valence-corrected chi connectivity index (χ1v) is 6.77. The smallest absolute Gasteiger partial charge is 0.328 e. The number of carboxylic acid groups (broad SMARTS) is 1. The fourth-order valence-corrected chi connectivity index (χ4v) is 2.46. The Morgan fingerprint density at radius 3 is 2.95 bits per heavy atom. The average molecular weight is 292 g/mol. The second-order valence-electron chi connectivity index (χ2n) is 4.82. The molecule has 2 N–H and O–H groups in total. The van der Waals surface area contributed by atoms with Gasteiger partial charge in [-0.1, -0.05) is 6.92 Å². The van der Waals surface area contributed by atoms with Gasteiger partial charge in [0.05, 0.1) is 0 Å².